The van der Waals surface area contributed by atoms with Crippen LogP contribution in [0, 0.1) is 0 Å². The van der Waals surface area contributed by atoms with Crippen LogP contribution in [0.2, 0.25) is 5.02 Å². The van der Waals surface area contributed by atoms with Crippen LogP contribution < -0.4 is 15.4 Å². The molecule has 1 aromatic heterocycles. The van der Waals surface area contributed by atoms with E-state index in [1.165, 1.54) is 0 Å². The molecule has 0 fully saturated rings. The van der Waals surface area contributed by atoms with Crippen molar-refractivity contribution in [3.63, 3.8) is 0 Å². The molecule has 0 spiro atoms. The molecule has 1 atom stereocenters. The van der Waals surface area contributed by atoms with E-state index in [1.54, 1.807) is 7.11 Å². The van der Waals surface area contributed by atoms with Crippen molar-refractivity contribution in [3.8, 4) is 5.75 Å². The summed E-state index contributed by atoms with van der Waals surface area (Å²) >= 11 is 6.32. The fourth-order valence-electron chi connectivity index (χ4n) is 2.87. The molecule has 7 nitrogen and oxygen atoms in total. The van der Waals surface area contributed by atoms with E-state index in [-0.39, 0.29) is 6.04 Å². The molecule has 0 amide bonds. The molecule has 2 N–H and O–H groups in total. The SMILES string of the molecule is CCNC(=NCC(c1cnn(C)c1)N(C)C)NCCc1ccc(OC)cc1Cl. The average molecular weight is 407 g/mol. The number of likely N-dealkylation sites (N-methyl/N-ethyl adjacent to an activating group) is 1. The van der Waals surface area contributed by atoms with Crippen LogP contribution in [0.15, 0.2) is 35.6 Å². The fourth-order valence-corrected chi connectivity index (χ4v) is 3.14. The van der Waals surface area contributed by atoms with Crippen molar-refractivity contribution in [2.45, 2.75) is 19.4 Å². The Labute approximate surface area is 172 Å². The number of aryl methyl sites for hydroxylation is 1. The van der Waals surface area contributed by atoms with Crippen LogP contribution in [0.5, 0.6) is 5.75 Å². The summed E-state index contributed by atoms with van der Waals surface area (Å²) in [5, 5.41) is 11.7. The summed E-state index contributed by atoms with van der Waals surface area (Å²) in [6.45, 7) is 4.23. The molecule has 2 rings (SSSR count). The highest BCUT2D eigenvalue weighted by Gasteiger charge is 2.15. The predicted molar refractivity (Wildman–Crippen MR) is 115 cm³/mol. The van der Waals surface area contributed by atoms with E-state index in [1.807, 2.05) is 42.3 Å². The molecule has 2 aromatic rings. The molecule has 0 aliphatic heterocycles. The van der Waals surface area contributed by atoms with Crippen molar-refractivity contribution < 1.29 is 4.74 Å². The second-order valence-electron chi connectivity index (χ2n) is 6.78. The molecule has 0 saturated carbocycles. The van der Waals surface area contributed by atoms with Crippen molar-refractivity contribution in [3.05, 3.63) is 46.7 Å². The zero-order valence-electron chi connectivity index (χ0n) is 17.4. The molecule has 0 bridgehead atoms. The molecule has 1 unspecified atom stereocenters. The predicted octanol–water partition coefficient (Wildman–Crippen LogP) is 2.48. The molecular weight excluding hydrogens is 376 g/mol. The van der Waals surface area contributed by atoms with Crippen LogP contribution in [0.3, 0.4) is 0 Å². The van der Waals surface area contributed by atoms with E-state index in [0.717, 1.165) is 42.3 Å². The summed E-state index contributed by atoms with van der Waals surface area (Å²) in [5.74, 6) is 1.56. The van der Waals surface area contributed by atoms with Crippen LogP contribution >= 0.6 is 11.6 Å². The smallest absolute Gasteiger partial charge is 0.191 e. The fraction of sp³-hybridized carbons (Fsp3) is 0.500. The second-order valence-corrected chi connectivity index (χ2v) is 7.19. The third-order valence-electron chi connectivity index (χ3n) is 4.45. The van der Waals surface area contributed by atoms with E-state index in [4.69, 9.17) is 21.3 Å². The molecule has 0 radical (unpaired) electrons. The minimum Gasteiger partial charge on any atom is -0.497 e. The van der Waals surface area contributed by atoms with Gasteiger partial charge < -0.3 is 20.3 Å². The third-order valence-corrected chi connectivity index (χ3v) is 4.80. The summed E-state index contributed by atoms with van der Waals surface area (Å²) in [5.41, 5.74) is 2.23. The maximum atomic E-state index is 6.32. The van der Waals surface area contributed by atoms with Crippen LogP contribution in [0.25, 0.3) is 0 Å². The third kappa shape index (κ3) is 6.42. The molecule has 0 aliphatic carbocycles. The number of hydrogen-bond acceptors (Lipinski definition) is 4. The van der Waals surface area contributed by atoms with Crippen molar-refractivity contribution >= 4 is 17.6 Å². The summed E-state index contributed by atoms with van der Waals surface area (Å²) < 4.78 is 7.01. The van der Waals surface area contributed by atoms with Gasteiger partial charge in [-0.05, 0) is 45.1 Å². The van der Waals surface area contributed by atoms with Crippen LogP contribution in [-0.2, 0) is 13.5 Å². The summed E-state index contributed by atoms with van der Waals surface area (Å²) in [6, 6.07) is 5.93. The second kappa shape index (κ2) is 10.9. The number of ether oxygens (including phenoxy) is 1. The highest BCUT2D eigenvalue weighted by atomic mass is 35.5. The van der Waals surface area contributed by atoms with Gasteiger partial charge in [-0.3, -0.25) is 9.67 Å². The minimum atomic E-state index is 0.167. The van der Waals surface area contributed by atoms with Gasteiger partial charge in [0.2, 0.25) is 0 Å². The largest absolute Gasteiger partial charge is 0.497 e. The van der Waals surface area contributed by atoms with Gasteiger partial charge in [-0.2, -0.15) is 5.10 Å². The molecular formula is C20H31ClN6O. The topological polar surface area (TPSA) is 66.7 Å². The first kappa shape index (κ1) is 22.0. The highest BCUT2D eigenvalue weighted by molar-refractivity contribution is 6.31. The molecule has 8 heteroatoms. The summed E-state index contributed by atoms with van der Waals surface area (Å²) in [7, 11) is 7.67. The number of nitrogens with one attached hydrogen (secondary N) is 2. The van der Waals surface area contributed by atoms with Gasteiger partial charge in [0, 0.05) is 36.9 Å². The van der Waals surface area contributed by atoms with Gasteiger partial charge in [0.1, 0.15) is 5.75 Å². The lowest BCUT2D eigenvalue weighted by atomic mass is 10.1. The number of halogens is 1. The lowest BCUT2D eigenvalue weighted by molar-refractivity contribution is 0.306. The first-order valence-electron chi connectivity index (χ1n) is 9.44. The Hall–Kier alpha value is -2.25. The maximum absolute atomic E-state index is 6.32. The summed E-state index contributed by atoms with van der Waals surface area (Å²) in [4.78, 5) is 6.92. The normalized spacial score (nSPS) is 12.9. The van der Waals surface area contributed by atoms with Crippen molar-refractivity contribution in [1.29, 1.82) is 0 Å². The van der Waals surface area contributed by atoms with Crippen LogP contribution in [-0.4, -0.2) is 61.5 Å². The van der Waals surface area contributed by atoms with Crippen molar-refractivity contribution in [1.82, 2.24) is 25.3 Å². The molecule has 1 heterocycles. The van der Waals surface area contributed by atoms with Crippen molar-refractivity contribution in [2.75, 3.05) is 40.8 Å². The van der Waals surface area contributed by atoms with E-state index >= 15 is 0 Å². The molecule has 1 aromatic carbocycles. The standard InChI is InChI=1S/C20H31ClN6O/c1-6-22-20(23-10-9-15-7-8-17(28-5)11-18(15)21)24-13-19(26(2)3)16-12-25-27(4)14-16/h7-8,11-12,14,19H,6,9-10,13H2,1-5H3,(H2,22,23,24). The number of nitrogens with zero attached hydrogens (tertiary/aromatic N) is 4. The van der Waals surface area contributed by atoms with Crippen molar-refractivity contribution in [2.24, 2.45) is 12.0 Å². The Balaban J connectivity index is 1.97. The number of aliphatic imine (C=N–C) groups is 1. The average Bonchev–Trinajstić information content (AvgIpc) is 3.08. The lowest BCUT2D eigenvalue weighted by Gasteiger charge is -2.22. The van der Waals surface area contributed by atoms with Crippen LogP contribution in [0.1, 0.15) is 24.1 Å². The first-order chi connectivity index (χ1) is 13.4. The number of benzene rings is 1. The minimum absolute atomic E-state index is 0.167. The monoisotopic (exact) mass is 406 g/mol. The van der Waals surface area contributed by atoms with E-state index < -0.39 is 0 Å². The number of aromatic nitrogens is 2. The number of methoxy groups -OCH3 is 1. The van der Waals surface area contributed by atoms with Gasteiger partial charge in [0.15, 0.2) is 5.96 Å². The van der Waals surface area contributed by atoms with E-state index in [9.17, 15) is 0 Å². The highest BCUT2D eigenvalue weighted by Crippen LogP contribution is 2.22. The maximum Gasteiger partial charge on any atom is 0.191 e. The number of guanidine groups is 1. The molecule has 154 valence electrons. The molecule has 28 heavy (non-hydrogen) atoms. The lowest BCUT2D eigenvalue weighted by Crippen LogP contribution is -2.39. The van der Waals surface area contributed by atoms with Crippen LogP contribution in [0.4, 0.5) is 0 Å². The zero-order chi connectivity index (χ0) is 20.5. The molecule has 0 aliphatic rings. The first-order valence-corrected chi connectivity index (χ1v) is 9.82. The van der Waals surface area contributed by atoms with Gasteiger partial charge in [0.05, 0.1) is 25.9 Å². The Bertz CT molecular complexity index is 774. The summed E-state index contributed by atoms with van der Waals surface area (Å²) in [6.07, 6.45) is 4.73. The van der Waals surface area contributed by atoms with Gasteiger partial charge in [-0.15, -0.1) is 0 Å². The van der Waals surface area contributed by atoms with Gasteiger partial charge in [-0.1, -0.05) is 17.7 Å². The Kier molecular flexibility index (Phi) is 8.60. The Morgan fingerprint density at radius 1 is 1.36 bits per heavy atom. The number of rotatable bonds is 9. The zero-order valence-corrected chi connectivity index (χ0v) is 18.1. The quantitative estimate of drug-likeness (QED) is 0.494. The molecule has 0 saturated heterocycles. The Morgan fingerprint density at radius 2 is 2.14 bits per heavy atom. The number of hydrogen-bond donors (Lipinski definition) is 2. The van der Waals surface area contributed by atoms with Gasteiger partial charge in [0.25, 0.3) is 0 Å². The Morgan fingerprint density at radius 3 is 2.71 bits per heavy atom. The van der Waals surface area contributed by atoms with E-state index in [0.29, 0.717) is 11.6 Å². The van der Waals surface area contributed by atoms with Gasteiger partial charge in [-0.25, -0.2) is 0 Å². The van der Waals surface area contributed by atoms with Gasteiger partial charge >= 0.3 is 0 Å². The van der Waals surface area contributed by atoms with E-state index in [2.05, 4.69) is 41.7 Å².